The second-order valence-electron chi connectivity index (χ2n) is 7.01. The highest BCUT2D eigenvalue weighted by Gasteiger charge is 2.28. The van der Waals surface area contributed by atoms with Crippen LogP contribution in [0.15, 0.2) is 16.3 Å². The molecule has 2 fully saturated rings. The number of hydrogen-bond donors (Lipinski definition) is 2. The highest BCUT2D eigenvalue weighted by Crippen LogP contribution is 2.27. The molecule has 3 heterocycles. The lowest BCUT2D eigenvalue weighted by Crippen LogP contribution is -2.50. The highest BCUT2D eigenvalue weighted by molar-refractivity contribution is 7.91. The third-order valence-electron chi connectivity index (χ3n) is 5.05. The smallest absolute Gasteiger partial charge is 0.252 e. The zero-order chi connectivity index (χ0) is 17.9. The van der Waals surface area contributed by atoms with Crippen LogP contribution in [-0.4, -0.2) is 50.9 Å². The van der Waals surface area contributed by atoms with Crippen molar-refractivity contribution in [2.45, 2.75) is 49.3 Å². The number of sulfonamides is 1. The van der Waals surface area contributed by atoms with Gasteiger partial charge in [-0.05, 0) is 43.9 Å². The van der Waals surface area contributed by atoms with E-state index >= 15 is 0 Å². The van der Waals surface area contributed by atoms with Gasteiger partial charge in [0.05, 0.1) is 6.42 Å². The van der Waals surface area contributed by atoms with Gasteiger partial charge in [0.1, 0.15) is 4.21 Å². The Morgan fingerprint density at radius 3 is 2.73 bits per heavy atom. The molecule has 6 nitrogen and oxygen atoms in total. The molecule has 0 aliphatic carbocycles. The molecular formula is C17H28ClN3O3S2. The van der Waals surface area contributed by atoms with E-state index in [2.05, 4.69) is 17.6 Å². The predicted octanol–water partition coefficient (Wildman–Crippen LogP) is 2.00. The Morgan fingerprint density at radius 2 is 2.04 bits per heavy atom. The van der Waals surface area contributed by atoms with Crippen LogP contribution in [0.2, 0.25) is 0 Å². The third kappa shape index (κ3) is 5.19. The molecule has 0 bridgehead atoms. The van der Waals surface area contributed by atoms with E-state index in [0.29, 0.717) is 23.2 Å². The van der Waals surface area contributed by atoms with Crippen molar-refractivity contribution in [1.29, 1.82) is 0 Å². The van der Waals surface area contributed by atoms with Crippen molar-refractivity contribution < 1.29 is 13.2 Å². The van der Waals surface area contributed by atoms with E-state index in [1.807, 2.05) is 0 Å². The van der Waals surface area contributed by atoms with E-state index in [9.17, 15) is 13.2 Å². The minimum atomic E-state index is -3.40. The number of hydrogen-bond acceptors (Lipinski definition) is 5. The zero-order valence-electron chi connectivity index (χ0n) is 15.1. The Kier molecular flexibility index (Phi) is 7.90. The molecule has 2 atom stereocenters. The van der Waals surface area contributed by atoms with Gasteiger partial charge >= 0.3 is 0 Å². The van der Waals surface area contributed by atoms with Gasteiger partial charge in [0.15, 0.2) is 0 Å². The number of halogens is 1. The lowest BCUT2D eigenvalue weighted by atomic mass is 9.95. The average molecular weight is 422 g/mol. The molecule has 0 saturated carbocycles. The van der Waals surface area contributed by atoms with Gasteiger partial charge in [-0.15, -0.1) is 23.7 Å². The Bertz CT molecular complexity index is 702. The first-order valence-electron chi connectivity index (χ1n) is 9.06. The van der Waals surface area contributed by atoms with Gasteiger partial charge in [-0.25, -0.2) is 8.42 Å². The van der Waals surface area contributed by atoms with Gasteiger partial charge in [-0.3, -0.25) is 4.79 Å². The molecule has 2 aliphatic rings. The molecular weight excluding hydrogens is 394 g/mol. The topological polar surface area (TPSA) is 78.5 Å². The molecule has 0 aromatic carbocycles. The second kappa shape index (κ2) is 9.50. The predicted molar refractivity (Wildman–Crippen MR) is 106 cm³/mol. The number of nitrogens with zero attached hydrogens (tertiary/aromatic N) is 1. The zero-order valence-corrected chi connectivity index (χ0v) is 17.5. The fraction of sp³-hybridized carbons (Fsp3) is 0.706. The highest BCUT2D eigenvalue weighted by atomic mass is 35.5. The third-order valence-corrected chi connectivity index (χ3v) is 8.51. The van der Waals surface area contributed by atoms with Gasteiger partial charge in [0.2, 0.25) is 5.91 Å². The van der Waals surface area contributed by atoms with Gasteiger partial charge in [-0.2, -0.15) is 4.31 Å². The van der Waals surface area contributed by atoms with Crippen LogP contribution in [0.4, 0.5) is 0 Å². The Labute approximate surface area is 166 Å². The monoisotopic (exact) mass is 421 g/mol. The Balaban J connectivity index is 0.00000243. The molecule has 9 heteroatoms. The molecule has 3 rings (SSSR count). The van der Waals surface area contributed by atoms with E-state index in [1.54, 1.807) is 16.4 Å². The number of piperidine rings is 2. The van der Waals surface area contributed by atoms with Crippen LogP contribution in [0.1, 0.15) is 37.5 Å². The number of amides is 1. The maximum absolute atomic E-state index is 12.7. The number of carbonyl (C=O) groups is 1. The summed E-state index contributed by atoms with van der Waals surface area (Å²) >= 11 is 1.22. The lowest BCUT2D eigenvalue weighted by Gasteiger charge is -2.30. The molecule has 1 aromatic heterocycles. The van der Waals surface area contributed by atoms with Crippen LogP contribution >= 0.6 is 23.7 Å². The summed E-state index contributed by atoms with van der Waals surface area (Å²) in [5, 5.41) is 6.37. The van der Waals surface area contributed by atoms with E-state index in [-0.39, 0.29) is 30.8 Å². The summed E-state index contributed by atoms with van der Waals surface area (Å²) in [6, 6.07) is 3.56. The first-order chi connectivity index (χ1) is 12.0. The maximum atomic E-state index is 12.7. The van der Waals surface area contributed by atoms with Gasteiger partial charge in [0, 0.05) is 30.6 Å². The van der Waals surface area contributed by atoms with Crippen molar-refractivity contribution in [1.82, 2.24) is 14.9 Å². The number of carbonyl (C=O) groups excluding carboxylic acids is 1. The number of thiophene rings is 1. The van der Waals surface area contributed by atoms with Crippen molar-refractivity contribution in [2.24, 2.45) is 5.92 Å². The maximum Gasteiger partial charge on any atom is 0.252 e. The fourth-order valence-electron chi connectivity index (χ4n) is 3.42. The lowest BCUT2D eigenvalue weighted by molar-refractivity contribution is -0.121. The summed E-state index contributed by atoms with van der Waals surface area (Å²) in [7, 11) is -3.40. The largest absolute Gasteiger partial charge is 0.352 e. The van der Waals surface area contributed by atoms with E-state index in [4.69, 9.17) is 0 Å². The fourth-order valence-corrected chi connectivity index (χ4v) is 6.45. The van der Waals surface area contributed by atoms with E-state index in [0.717, 1.165) is 43.6 Å². The summed E-state index contributed by atoms with van der Waals surface area (Å²) in [6.07, 6.45) is 4.24. The van der Waals surface area contributed by atoms with Crippen molar-refractivity contribution in [3.63, 3.8) is 0 Å². The SMILES string of the molecule is CC1CCNCC1NC(=O)Cc1ccc(S(=O)(=O)N2CCCCC2)s1.Cl. The van der Waals surface area contributed by atoms with Crippen LogP contribution in [0.3, 0.4) is 0 Å². The van der Waals surface area contributed by atoms with Crippen molar-refractivity contribution >= 4 is 39.7 Å². The molecule has 1 amide bonds. The second-order valence-corrected chi connectivity index (χ2v) is 10.3. The van der Waals surface area contributed by atoms with Gasteiger partial charge < -0.3 is 10.6 Å². The van der Waals surface area contributed by atoms with Gasteiger partial charge in [-0.1, -0.05) is 13.3 Å². The van der Waals surface area contributed by atoms with Crippen molar-refractivity contribution in [2.75, 3.05) is 26.2 Å². The summed E-state index contributed by atoms with van der Waals surface area (Å²) in [5.74, 6) is 0.424. The first-order valence-corrected chi connectivity index (χ1v) is 11.3. The molecule has 2 saturated heterocycles. The number of rotatable bonds is 5. The molecule has 148 valence electrons. The quantitative estimate of drug-likeness (QED) is 0.762. The normalized spacial score (nSPS) is 24.7. The molecule has 1 aromatic rings. The number of nitrogens with one attached hydrogen (secondary N) is 2. The molecule has 26 heavy (non-hydrogen) atoms. The van der Waals surface area contributed by atoms with E-state index < -0.39 is 10.0 Å². The van der Waals surface area contributed by atoms with E-state index in [1.165, 1.54) is 11.3 Å². The summed E-state index contributed by atoms with van der Waals surface area (Å²) < 4.78 is 27.3. The summed E-state index contributed by atoms with van der Waals surface area (Å²) in [4.78, 5) is 13.1. The molecule has 0 spiro atoms. The first kappa shape index (κ1) is 21.6. The molecule has 2 aliphatic heterocycles. The van der Waals surface area contributed by atoms with Crippen molar-refractivity contribution in [3.05, 3.63) is 17.0 Å². The van der Waals surface area contributed by atoms with Crippen LogP contribution in [0, 0.1) is 5.92 Å². The van der Waals surface area contributed by atoms with Crippen LogP contribution in [-0.2, 0) is 21.2 Å². The Morgan fingerprint density at radius 1 is 1.31 bits per heavy atom. The summed E-state index contributed by atoms with van der Waals surface area (Å²) in [6.45, 7) is 5.15. The molecule has 2 N–H and O–H groups in total. The Hall–Kier alpha value is -0.670. The van der Waals surface area contributed by atoms with Crippen LogP contribution in [0.5, 0.6) is 0 Å². The van der Waals surface area contributed by atoms with Gasteiger partial charge in [0.25, 0.3) is 10.0 Å². The standard InChI is InChI=1S/C17H27N3O3S2.ClH/c1-13-7-8-18-12-15(13)19-16(21)11-14-5-6-17(24-14)25(22,23)20-9-3-2-4-10-20;/h5-6,13,15,18H,2-4,7-12H2,1H3,(H,19,21);1H. The van der Waals surface area contributed by atoms with Crippen LogP contribution in [0.25, 0.3) is 0 Å². The van der Waals surface area contributed by atoms with Crippen LogP contribution < -0.4 is 10.6 Å². The molecule has 2 unspecified atom stereocenters. The minimum Gasteiger partial charge on any atom is -0.352 e. The van der Waals surface area contributed by atoms with Crippen molar-refractivity contribution in [3.8, 4) is 0 Å². The minimum absolute atomic E-state index is 0. The summed E-state index contributed by atoms with van der Waals surface area (Å²) in [5.41, 5.74) is 0. The molecule has 0 radical (unpaired) electrons. The average Bonchev–Trinajstić information content (AvgIpc) is 3.07.